The van der Waals surface area contributed by atoms with Crippen molar-refractivity contribution >= 4 is 0 Å². The molecule has 2 aromatic carbocycles. The van der Waals surface area contributed by atoms with Crippen LogP contribution in [0.5, 0.6) is 0 Å². The molecule has 0 amide bonds. The molecule has 0 radical (unpaired) electrons. The Labute approximate surface area is 197 Å². The van der Waals surface area contributed by atoms with E-state index in [2.05, 4.69) is 6.92 Å². The van der Waals surface area contributed by atoms with E-state index in [1.165, 1.54) is 56.7 Å². The maximum atomic E-state index is 14.6. The van der Waals surface area contributed by atoms with E-state index in [4.69, 9.17) is 4.74 Å². The number of hydrogen-bond acceptors (Lipinski definition) is 1. The van der Waals surface area contributed by atoms with Gasteiger partial charge in [-0.05, 0) is 73.1 Å². The van der Waals surface area contributed by atoms with Gasteiger partial charge in [0, 0.05) is 0 Å². The number of unbranched alkanes of at least 4 members (excludes halogenated alkanes) is 2. The summed E-state index contributed by atoms with van der Waals surface area (Å²) in [5.74, 6) is 0.949. The Balaban J connectivity index is 1.48. The smallest absolute Gasteiger partial charge is 0.316 e. The van der Waals surface area contributed by atoms with Crippen LogP contribution >= 0.6 is 0 Å². The van der Waals surface area contributed by atoms with E-state index in [-0.39, 0.29) is 24.4 Å². The molecule has 182 valence electrons. The van der Waals surface area contributed by atoms with Crippen molar-refractivity contribution in [3.05, 3.63) is 70.5 Å². The number of alkyl halides is 2. The fraction of sp³-hybridized carbons (Fsp3) is 0.586. The zero-order valence-electron chi connectivity index (χ0n) is 20.2. The first kappa shape index (κ1) is 25.8. The van der Waals surface area contributed by atoms with Gasteiger partial charge < -0.3 is 4.74 Å². The van der Waals surface area contributed by atoms with Crippen LogP contribution in [0.15, 0.2) is 42.5 Å². The van der Waals surface area contributed by atoms with Gasteiger partial charge in [0.05, 0.1) is 12.2 Å². The third-order valence-corrected chi connectivity index (χ3v) is 7.09. The topological polar surface area (TPSA) is 9.23 Å². The van der Waals surface area contributed by atoms with Crippen molar-refractivity contribution in [2.75, 3.05) is 6.61 Å². The predicted molar refractivity (Wildman–Crippen MR) is 129 cm³/mol. The van der Waals surface area contributed by atoms with E-state index in [1.807, 2.05) is 25.1 Å². The molecule has 0 N–H and O–H groups in total. The lowest BCUT2D eigenvalue weighted by Crippen LogP contribution is -2.20. The molecule has 1 aliphatic rings. The fourth-order valence-corrected chi connectivity index (χ4v) is 5.03. The van der Waals surface area contributed by atoms with Gasteiger partial charge in [-0.15, -0.1) is 0 Å². The number of hydrogen-bond donors (Lipinski definition) is 0. The van der Waals surface area contributed by atoms with Crippen molar-refractivity contribution in [1.82, 2.24) is 0 Å². The van der Waals surface area contributed by atoms with Crippen molar-refractivity contribution in [3.8, 4) is 0 Å². The maximum absolute atomic E-state index is 14.6. The van der Waals surface area contributed by atoms with Crippen LogP contribution < -0.4 is 0 Å². The van der Waals surface area contributed by atoms with E-state index >= 15 is 0 Å². The van der Waals surface area contributed by atoms with E-state index in [1.54, 1.807) is 6.07 Å². The summed E-state index contributed by atoms with van der Waals surface area (Å²) in [5.41, 5.74) is 2.34. The van der Waals surface area contributed by atoms with Crippen molar-refractivity contribution in [2.45, 2.75) is 96.5 Å². The molecule has 0 saturated heterocycles. The zero-order chi connectivity index (χ0) is 23.7. The van der Waals surface area contributed by atoms with Gasteiger partial charge >= 0.3 is 6.11 Å². The Morgan fingerprint density at radius 1 is 0.879 bits per heavy atom. The molecule has 2 aromatic rings. The van der Waals surface area contributed by atoms with Crippen molar-refractivity contribution < 1.29 is 17.9 Å². The quantitative estimate of drug-likeness (QED) is 0.287. The van der Waals surface area contributed by atoms with Crippen LogP contribution in [0.1, 0.15) is 99.8 Å². The number of rotatable bonds is 12. The third-order valence-electron chi connectivity index (χ3n) is 7.09. The maximum Gasteiger partial charge on any atom is 0.383 e. The third kappa shape index (κ3) is 7.60. The zero-order valence-corrected chi connectivity index (χ0v) is 20.2. The summed E-state index contributed by atoms with van der Waals surface area (Å²) in [6.45, 7) is 4.04. The summed E-state index contributed by atoms with van der Waals surface area (Å²) in [6, 6.07) is 11.7. The van der Waals surface area contributed by atoms with E-state index in [0.29, 0.717) is 11.5 Å². The number of aryl methyl sites for hydroxylation is 1. The van der Waals surface area contributed by atoms with Crippen LogP contribution in [0.2, 0.25) is 0 Å². The normalized spacial score (nSPS) is 19.1. The first-order valence-electron chi connectivity index (χ1n) is 12.8. The first-order valence-corrected chi connectivity index (χ1v) is 12.8. The van der Waals surface area contributed by atoms with Crippen LogP contribution in [0, 0.1) is 11.7 Å². The minimum Gasteiger partial charge on any atom is -0.316 e. The van der Waals surface area contributed by atoms with Crippen LogP contribution in [-0.4, -0.2) is 6.61 Å². The molecule has 0 bridgehead atoms. The Morgan fingerprint density at radius 2 is 1.61 bits per heavy atom. The summed E-state index contributed by atoms with van der Waals surface area (Å²) in [4.78, 5) is 0. The molecule has 0 atom stereocenters. The van der Waals surface area contributed by atoms with E-state index < -0.39 is 6.11 Å². The molecule has 0 heterocycles. The summed E-state index contributed by atoms with van der Waals surface area (Å²) in [6.07, 6.45) is 8.49. The monoisotopic (exact) mass is 460 g/mol. The first-order chi connectivity index (χ1) is 15.9. The molecule has 0 unspecified atom stereocenters. The van der Waals surface area contributed by atoms with Crippen LogP contribution in [-0.2, 0) is 23.7 Å². The number of ether oxygens (including phenoxy) is 1. The Morgan fingerprint density at radius 3 is 2.24 bits per heavy atom. The highest BCUT2D eigenvalue weighted by Crippen LogP contribution is 2.39. The Bertz CT molecular complexity index is 838. The molecule has 33 heavy (non-hydrogen) atoms. The van der Waals surface area contributed by atoms with E-state index in [0.717, 1.165) is 42.7 Å². The molecular weight excluding hydrogens is 421 g/mol. The molecule has 1 fully saturated rings. The lowest BCUT2D eigenvalue weighted by molar-refractivity contribution is -0.248. The highest BCUT2D eigenvalue weighted by molar-refractivity contribution is 5.28. The highest BCUT2D eigenvalue weighted by atomic mass is 19.3. The lowest BCUT2D eigenvalue weighted by atomic mass is 9.77. The van der Waals surface area contributed by atoms with E-state index in [9.17, 15) is 13.2 Å². The molecular formula is C29H39F3O. The number of halogens is 3. The second kappa shape index (κ2) is 12.6. The van der Waals surface area contributed by atoms with Crippen molar-refractivity contribution in [2.24, 2.45) is 5.92 Å². The highest BCUT2D eigenvalue weighted by Gasteiger charge is 2.33. The standard InChI is InChI=1S/C29H39F3O/c1-3-5-6-8-22-9-12-24(13-10-22)25-15-17-27(18-16-25)29(31,32)33-20-19-26-14-11-23(7-4-2)21-28(26)30/h11,14-18,21-22,24H,3-10,12-13,19-20H2,1-2H3. The fourth-order valence-electron chi connectivity index (χ4n) is 5.03. The molecule has 0 aromatic heterocycles. The molecule has 0 spiro atoms. The van der Waals surface area contributed by atoms with Gasteiger partial charge in [0.25, 0.3) is 0 Å². The van der Waals surface area contributed by atoms with Gasteiger partial charge in [0.2, 0.25) is 0 Å². The van der Waals surface area contributed by atoms with Gasteiger partial charge in [-0.2, -0.15) is 8.78 Å². The second-order valence-electron chi connectivity index (χ2n) is 9.63. The molecule has 0 aliphatic heterocycles. The molecule has 4 heteroatoms. The minimum atomic E-state index is -3.38. The van der Waals surface area contributed by atoms with Crippen molar-refractivity contribution in [3.63, 3.8) is 0 Å². The van der Waals surface area contributed by atoms with Gasteiger partial charge in [-0.3, -0.25) is 0 Å². The lowest BCUT2D eigenvalue weighted by Gasteiger charge is -2.29. The van der Waals surface area contributed by atoms with Gasteiger partial charge in [0.15, 0.2) is 0 Å². The minimum absolute atomic E-state index is 0.118. The predicted octanol–water partition coefficient (Wildman–Crippen LogP) is 8.94. The van der Waals surface area contributed by atoms with Gasteiger partial charge in [0.1, 0.15) is 5.82 Å². The van der Waals surface area contributed by atoms with Crippen LogP contribution in [0.3, 0.4) is 0 Å². The Kier molecular flexibility index (Phi) is 9.85. The van der Waals surface area contributed by atoms with Crippen molar-refractivity contribution in [1.29, 1.82) is 0 Å². The second-order valence-corrected chi connectivity index (χ2v) is 9.63. The summed E-state index contributed by atoms with van der Waals surface area (Å²) < 4.78 is 48.3. The van der Waals surface area contributed by atoms with Gasteiger partial charge in [-0.25, -0.2) is 4.39 Å². The van der Waals surface area contributed by atoms with Gasteiger partial charge in [-0.1, -0.05) is 82.3 Å². The SMILES string of the molecule is CCCCCC1CCC(c2ccc(C(F)(F)OCCc3ccc(CCC)cc3F)cc2)CC1. The summed E-state index contributed by atoms with van der Waals surface area (Å²) in [5, 5.41) is 0. The molecule has 1 aliphatic carbocycles. The average molecular weight is 461 g/mol. The molecule has 1 saturated carbocycles. The van der Waals surface area contributed by atoms with Crippen LogP contribution in [0.4, 0.5) is 13.2 Å². The summed E-state index contributed by atoms with van der Waals surface area (Å²) in [7, 11) is 0. The largest absolute Gasteiger partial charge is 0.383 e. The average Bonchev–Trinajstić information content (AvgIpc) is 2.81. The molecule has 3 rings (SSSR count). The Hall–Kier alpha value is -1.81. The van der Waals surface area contributed by atoms with Crippen LogP contribution in [0.25, 0.3) is 0 Å². The number of benzene rings is 2. The summed E-state index contributed by atoms with van der Waals surface area (Å²) >= 11 is 0. The molecule has 1 nitrogen and oxygen atoms in total.